The number of aryl methyl sites for hydroxylation is 1. The van der Waals surface area contributed by atoms with E-state index in [1.807, 2.05) is 24.4 Å². The summed E-state index contributed by atoms with van der Waals surface area (Å²) in [6.45, 7) is 0.703. The molecule has 6 nitrogen and oxygen atoms in total. The molecule has 1 aliphatic carbocycles. The molecular weight excluding hydrogens is 350 g/mol. The molecule has 2 atom stereocenters. The minimum absolute atomic E-state index is 0.266. The average Bonchev–Trinajstić information content (AvgIpc) is 3.14. The van der Waals surface area contributed by atoms with Crippen molar-refractivity contribution in [3.8, 4) is 5.75 Å². The Kier molecular flexibility index (Phi) is 5.88. The van der Waals surface area contributed by atoms with E-state index in [2.05, 4.69) is 22.4 Å². The zero-order valence-corrected chi connectivity index (χ0v) is 16.4. The molecule has 2 heterocycles. The lowest BCUT2D eigenvalue weighted by Crippen LogP contribution is -2.37. The lowest BCUT2D eigenvalue weighted by atomic mass is 9.90. The maximum absolute atomic E-state index is 5.80. The molecule has 1 aliphatic rings. The van der Waals surface area contributed by atoms with Gasteiger partial charge in [-0.15, -0.1) is 0 Å². The number of nitrogens with zero attached hydrogens (tertiary/aromatic N) is 2. The third-order valence-corrected chi connectivity index (χ3v) is 5.55. The van der Waals surface area contributed by atoms with Gasteiger partial charge in [-0.25, -0.2) is 4.98 Å². The molecule has 0 bridgehead atoms. The molecule has 6 heteroatoms. The van der Waals surface area contributed by atoms with Crippen molar-refractivity contribution in [1.82, 2.24) is 20.3 Å². The number of rotatable bonds is 8. The summed E-state index contributed by atoms with van der Waals surface area (Å²) in [5, 5.41) is 3.86. The molecule has 2 aromatic heterocycles. The normalized spacial score (nSPS) is 17.4. The lowest BCUT2D eigenvalue weighted by molar-refractivity contribution is 0.360. The van der Waals surface area contributed by atoms with Crippen molar-refractivity contribution in [3.05, 3.63) is 53.6 Å². The smallest absolute Gasteiger partial charge is 0.137 e. The van der Waals surface area contributed by atoms with Gasteiger partial charge in [-0.2, -0.15) is 0 Å². The van der Waals surface area contributed by atoms with Gasteiger partial charge in [0.25, 0.3) is 0 Å². The second kappa shape index (κ2) is 8.71. The number of para-hydroxylation sites is 2. The summed E-state index contributed by atoms with van der Waals surface area (Å²) < 4.78 is 5.35. The van der Waals surface area contributed by atoms with E-state index < -0.39 is 0 Å². The molecule has 148 valence electrons. The molecule has 4 rings (SSSR count). The number of nitrogens with two attached hydrogens (primary N) is 1. The second-order valence-corrected chi connectivity index (χ2v) is 7.56. The minimum atomic E-state index is 0.266. The zero-order chi connectivity index (χ0) is 19.3. The third kappa shape index (κ3) is 4.18. The van der Waals surface area contributed by atoms with Crippen LogP contribution in [0, 0.1) is 0 Å². The number of H-pyrrole nitrogens is 1. The van der Waals surface area contributed by atoms with Gasteiger partial charge < -0.3 is 20.8 Å². The van der Waals surface area contributed by atoms with E-state index in [9.17, 15) is 0 Å². The predicted molar refractivity (Wildman–Crippen MR) is 111 cm³/mol. The van der Waals surface area contributed by atoms with Gasteiger partial charge in [0.2, 0.25) is 0 Å². The first-order valence-electron chi connectivity index (χ1n) is 10.2. The largest absolute Gasteiger partial charge is 0.495 e. The first-order chi connectivity index (χ1) is 13.8. The first kappa shape index (κ1) is 18.9. The fourth-order valence-corrected chi connectivity index (χ4v) is 4.15. The predicted octanol–water partition coefficient (Wildman–Crippen LogP) is 3.28. The Morgan fingerprint density at radius 2 is 2.25 bits per heavy atom. The van der Waals surface area contributed by atoms with Crippen LogP contribution in [0.2, 0.25) is 0 Å². The van der Waals surface area contributed by atoms with E-state index in [1.54, 1.807) is 7.11 Å². The quantitative estimate of drug-likeness (QED) is 0.559. The second-order valence-electron chi connectivity index (χ2n) is 7.56. The molecule has 3 aromatic rings. The molecule has 0 fully saturated rings. The SMILES string of the molecule is COc1cnc2c(c1)CCCC2NC(CCCN)Cc1nc2ccccc2[nH]1. The van der Waals surface area contributed by atoms with Gasteiger partial charge in [0.15, 0.2) is 0 Å². The fourth-order valence-electron chi connectivity index (χ4n) is 4.15. The highest BCUT2D eigenvalue weighted by Gasteiger charge is 2.25. The van der Waals surface area contributed by atoms with Crippen molar-refractivity contribution in [2.24, 2.45) is 5.73 Å². The number of pyridine rings is 1. The molecule has 28 heavy (non-hydrogen) atoms. The van der Waals surface area contributed by atoms with E-state index in [0.717, 1.165) is 66.8 Å². The molecule has 0 spiro atoms. The molecule has 4 N–H and O–H groups in total. The Bertz CT molecular complexity index is 889. The van der Waals surface area contributed by atoms with Gasteiger partial charge in [0.05, 0.1) is 30.0 Å². The molecule has 0 saturated carbocycles. The molecular formula is C22H29N5O. The van der Waals surface area contributed by atoms with Crippen LogP contribution in [0.3, 0.4) is 0 Å². The standard InChI is InChI=1S/C22H29N5O/c1-28-17-12-15-6-4-10-20(22(15)24-14-17)25-16(7-5-11-23)13-21-26-18-8-2-3-9-19(18)27-21/h2-3,8-9,12,14,16,20,25H,4-7,10-11,13,23H2,1H3,(H,26,27). The van der Waals surface area contributed by atoms with Crippen molar-refractivity contribution >= 4 is 11.0 Å². The first-order valence-corrected chi connectivity index (χ1v) is 10.2. The van der Waals surface area contributed by atoms with Crippen LogP contribution in [-0.2, 0) is 12.8 Å². The van der Waals surface area contributed by atoms with Crippen molar-refractivity contribution in [1.29, 1.82) is 0 Å². The van der Waals surface area contributed by atoms with Crippen molar-refractivity contribution < 1.29 is 4.74 Å². The Morgan fingerprint density at radius 3 is 3.07 bits per heavy atom. The highest BCUT2D eigenvalue weighted by atomic mass is 16.5. The van der Waals surface area contributed by atoms with E-state index in [-0.39, 0.29) is 6.04 Å². The third-order valence-electron chi connectivity index (χ3n) is 5.55. The Morgan fingerprint density at radius 1 is 1.36 bits per heavy atom. The molecule has 0 amide bonds. The van der Waals surface area contributed by atoms with Gasteiger partial charge >= 0.3 is 0 Å². The molecule has 2 unspecified atom stereocenters. The van der Waals surface area contributed by atoms with Crippen molar-refractivity contribution in [2.75, 3.05) is 13.7 Å². The van der Waals surface area contributed by atoms with E-state index in [1.165, 1.54) is 5.56 Å². The number of nitrogens with one attached hydrogen (secondary N) is 2. The van der Waals surface area contributed by atoms with Crippen LogP contribution in [0.15, 0.2) is 36.5 Å². The molecule has 0 aliphatic heterocycles. The summed E-state index contributed by atoms with van der Waals surface area (Å²) in [5.74, 6) is 1.86. The van der Waals surface area contributed by atoms with Gasteiger partial charge in [-0.3, -0.25) is 4.98 Å². The van der Waals surface area contributed by atoms with Gasteiger partial charge in [0.1, 0.15) is 11.6 Å². The topological polar surface area (TPSA) is 88.8 Å². The number of ether oxygens (including phenoxy) is 1. The maximum atomic E-state index is 5.80. The highest BCUT2D eigenvalue weighted by Crippen LogP contribution is 2.31. The van der Waals surface area contributed by atoms with Crippen LogP contribution in [0.1, 0.15) is 48.8 Å². The Balaban J connectivity index is 1.52. The molecule has 0 radical (unpaired) electrons. The molecule has 1 aromatic carbocycles. The monoisotopic (exact) mass is 379 g/mol. The van der Waals surface area contributed by atoms with Crippen LogP contribution in [-0.4, -0.2) is 34.6 Å². The van der Waals surface area contributed by atoms with Crippen LogP contribution < -0.4 is 15.8 Å². The number of imidazole rings is 1. The molecule has 0 saturated heterocycles. The van der Waals surface area contributed by atoms with Crippen LogP contribution in [0.4, 0.5) is 0 Å². The number of methoxy groups -OCH3 is 1. The number of benzene rings is 1. The van der Waals surface area contributed by atoms with Crippen molar-refractivity contribution in [3.63, 3.8) is 0 Å². The Hall–Kier alpha value is -2.44. The summed E-state index contributed by atoms with van der Waals surface area (Å²) in [6.07, 6.45) is 8.03. The van der Waals surface area contributed by atoms with Gasteiger partial charge in [0, 0.05) is 18.5 Å². The van der Waals surface area contributed by atoms with E-state index in [4.69, 9.17) is 20.4 Å². The highest BCUT2D eigenvalue weighted by molar-refractivity contribution is 5.74. The van der Waals surface area contributed by atoms with E-state index >= 15 is 0 Å². The van der Waals surface area contributed by atoms with Gasteiger partial charge in [-0.1, -0.05) is 12.1 Å². The van der Waals surface area contributed by atoms with Gasteiger partial charge in [-0.05, 0) is 62.4 Å². The summed E-state index contributed by atoms with van der Waals surface area (Å²) in [7, 11) is 1.69. The number of hydrogen-bond acceptors (Lipinski definition) is 5. The van der Waals surface area contributed by atoms with E-state index in [0.29, 0.717) is 12.6 Å². The Labute approximate surface area is 165 Å². The zero-order valence-electron chi connectivity index (χ0n) is 16.4. The fraction of sp³-hybridized carbons (Fsp3) is 0.455. The summed E-state index contributed by atoms with van der Waals surface area (Å²) in [6, 6.07) is 10.9. The van der Waals surface area contributed by atoms with Crippen LogP contribution in [0.5, 0.6) is 5.75 Å². The minimum Gasteiger partial charge on any atom is -0.495 e. The number of fused-ring (bicyclic) bond motifs is 2. The number of hydrogen-bond donors (Lipinski definition) is 3. The maximum Gasteiger partial charge on any atom is 0.137 e. The lowest BCUT2D eigenvalue weighted by Gasteiger charge is -2.30. The summed E-state index contributed by atoms with van der Waals surface area (Å²) >= 11 is 0. The summed E-state index contributed by atoms with van der Waals surface area (Å²) in [4.78, 5) is 12.9. The average molecular weight is 380 g/mol. The number of aromatic nitrogens is 3. The van der Waals surface area contributed by atoms with Crippen LogP contribution >= 0.6 is 0 Å². The van der Waals surface area contributed by atoms with Crippen molar-refractivity contribution in [2.45, 2.75) is 50.6 Å². The van der Waals surface area contributed by atoms with Crippen LogP contribution in [0.25, 0.3) is 11.0 Å². The number of aromatic amines is 1. The summed E-state index contributed by atoms with van der Waals surface area (Å²) in [5.41, 5.74) is 10.4.